The van der Waals surface area contributed by atoms with E-state index in [1.165, 1.54) is 11.0 Å². The topological polar surface area (TPSA) is 92.8 Å². The lowest BCUT2D eigenvalue weighted by Gasteiger charge is -2.15. The molecule has 1 aliphatic heterocycles. The maximum absolute atomic E-state index is 13.9. The van der Waals surface area contributed by atoms with Crippen molar-refractivity contribution < 1.29 is 27.1 Å². The molecule has 1 saturated heterocycles. The SMILES string of the molecule is C[C@H](CS(=O)(=O)CCCCCN1CC(=O)NC1=O)c1ccc(F)c(OCC2CC2)c1. The van der Waals surface area contributed by atoms with Gasteiger partial charge in [0.05, 0.1) is 18.1 Å². The molecule has 3 amide bonds. The van der Waals surface area contributed by atoms with Crippen LogP contribution in [0.1, 0.15) is 50.5 Å². The van der Waals surface area contributed by atoms with Gasteiger partial charge >= 0.3 is 6.03 Å². The van der Waals surface area contributed by atoms with Crippen molar-refractivity contribution in [2.75, 3.05) is 31.2 Å². The minimum absolute atomic E-state index is 0.0102. The van der Waals surface area contributed by atoms with Crippen LogP contribution in [0.2, 0.25) is 0 Å². The number of carbonyl (C=O) groups excluding carboxylic acids is 2. The van der Waals surface area contributed by atoms with Crippen LogP contribution >= 0.6 is 0 Å². The molecule has 0 radical (unpaired) electrons. The van der Waals surface area contributed by atoms with Gasteiger partial charge in [0.25, 0.3) is 0 Å². The molecular formula is C21H29FN2O5S. The molecule has 1 N–H and O–H groups in total. The Balaban J connectivity index is 1.42. The molecule has 1 aliphatic carbocycles. The molecule has 1 heterocycles. The van der Waals surface area contributed by atoms with E-state index in [1.807, 2.05) is 6.92 Å². The summed E-state index contributed by atoms with van der Waals surface area (Å²) >= 11 is 0. The predicted molar refractivity (Wildman–Crippen MR) is 111 cm³/mol. The van der Waals surface area contributed by atoms with E-state index in [4.69, 9.17) is 4.74 Å². The van der Waals surface area contributed by atoms with Gasteiger partial charge in [0, 0.05) is 6.54 Å². The lowest BCUT2D eigenvalue weighted by atomic mass is 10.0. The van der Waals surface area contributed by atoms with E-state index in [1.54, 1.807) is 12.1 Å². The molecule has 3 rings (SSSR count). The third-order valence-corrected chi connectivity index (χ3v) is 7.37. The van der Waals surface area contributed by atoms with Crippen LogP contribution in [0.4, 0.5) is 9.18 Å². The third kappa shape index (κ3) is 6.68. The second-order valence-corrected chi connectivity index (χ2v) is 10.5. The van der Waals surface area contributed by atoms with Crippen molar-refractivity contribution >= 4 is 21.8 Å². The van der Waals surface area contributed by atoms with Crippen LogP contribution in [0, 0.1) is 11.7 Å². The first-order chi connectivity index (χ1) is 14.2. The van der Waals surface area contributed by atoms with Gasteiger partial charge in [0.15, 0.2) is 21.4 Å². The second kappa shape index (κ2) is 9.76. The van der Waals surface area contributed by atoms with Crippen molar-refractivity contribution in [3.8, 4) is 5.75 Å². The fourth-order valence-electron chi connectivity index (χ4n) is 3.45. The Morgan fingerprint density at radius 2 is 2.00 bits per heavy atom. The number of unbranched alkanes of at least 4 members (excludes halogenated alkanes) is 2. The average Bonchev–Trinajstić information content (AvgIpc) is 3.44. The molecule has 1 aromatic rings. The van der Waals surface area contributed by atoms with Crippen LogP contribution in [-0.4, -0.2) is 56.5 Å². The molecule has 9 heteroatoms. The second-order valence-electron chi connectivity index (χ2n) is 8.30. The van der Waals surface area contributed by atoms with Gasteiger partial charge in [0.1, 0.15) is 6.54 Å². The van der Waals surface area contributed by atoms with Crippen molar-refractivity contribution in [3.05, 3.63) is 29.6 Å². The van der Waals surface area contributed by atoms with Gasteiger partial charge in [0.2, 0.25) is 5.91 Å². The molecule has 0 unspecified atom stereocenters. The Kier molecular flexibility index (Phi) is 7.33. The number of nitrogens with one attached hydrogen (secondary N) is 1. The third-order valence-electron chi connectivity index (χ3n) is 5.45. The number of sulfone groups is 1. The molecule has 0 aromatic heterocycles. The molecular weight excluding hydrogens is 411 g/mol. The van der Waals surface area contributed by atoms with E-state index in [9.17, 15) is 22.4 Å². The molecule has 7 nitrogen and oxygen atoms in total. The molecule has 30 heavy (non-hydrogen) atoms. The normalized spacial score (nSPS) is 17.9. The zero-order chi connectivity index (χ0) is 21.7. The lowest BCUT2D eigenvalue weighted by molar-refractivity contribution is -0.118. The molecule has 2 fully saturated rings. The Labute approximate surface area is 176 Å². The van der Waals surface area contributed by atoms with E-state index in [0.717, 1.165) is 18.4 Å². The highest BCUT2D eigenvalue weighted by Gasteiger charge is 2.26. The van der Waals surface area contributed by atoms with Gasteiger partial charge in [-0.05, 0) is 55.2 Å². The summed E-state index contributed by atoms with van der Waals surface area (Å²) in [5.74, 6) is -0.253. The Morgan fingerprint density at radius 1 is 1.23 bits per heavy atom. The zero-order valence-corrected chi connectivity index (χ0v) is 18.0. The standard InChI is InChI=1S/C21H29FN2O5S/c1-15(17-7-8-18(22)19(11-17)29-13-16-5-6-16)14-30(27,28)10-4-2-3-9-24-12-20(25)23-21(24)26/h7-8,11,15-16H,2-6,9-10,12-14H2,1H3,(H,23,25,26)/t15-/m1/s1. The van der Waals surface area contributed by atoms with E-state index < -0.39 is 15.7 Å². The largest absolute Gasteiger partial charge is 0.490 e. The van der Waals surface area contributed by atoms with Crippen molar-refractivity contribution in [2.24, 2.45) is 5.92 Å². The summed E-state index contributed by atoms with van der Waals surface area (Å²) in [6.07, 6.45) is 4.02. The highest BCUT2D eigenvalue weighted by Crippen LogP contribution is 2.31. The van der Waals surface area contributed by atoms with Gasteiger partial charge in [-0.2, -0.15) is 0 Å². The first-order valence-corrected chi connectivity index (χ1v) is 12.3. The van der Waals surface area contributed by atoms with Crippen LogP contribution in [0.3, 0.4) is 0 Å². The Hall–Kier alpha value is -2.16. The van der Waals surface area contributed by atoms with Gasteiger partial charge in [-0.3, -0.25) is 10.1 Å². The summed E-state index contributed by atoms with van der Waals surface area (Å²) in [5, 5.41) is 2.21. The number of hydrogen-bond donors (Lipinski definition) is 1. The molecule has 1 saturated carbocycles. The summed E-state index contributed by atoms with van der Waals surface area (Å²) in [5.41, 5.74) is 0.746. The number of urea groups is 1. The molecule has 1 aromatic carbocycles. The number of amides is 3. The monoisotopic (exact) mass is 440 g/mol. The number of carbonyl (C=O) groups is 2. The van der Waals surface area contributed by atoms with Crippen molar-refractivity contribution in [1.29, 1.82) is 0 Å². The fourth-order valence-corrected chi connectivity index (χ4v) is 5.22. The minimum Gasteiger partial charge on any atom is -0.490 e. The van der Waals surface area contributed by atoms with E-state index in [0.29, 0.717) is 38.3 Å². The maximum atomic E-state index is 13.9. The number of imide groups is 1. The van der Waals surface area contributed by atoms with Crippen LogP contribution in [0.15, 0.2) is 18.2 Å². The number of halogens is 1. The summed E-state index contributed by atoms with van der Waals surface area (Å²) in [6, 6.07) is 4.17. The predicted octanol–water partition coefficient (Wildman–Crippen LogP) is 2.85. The van der Waals surface area contributed by atoms with E-state index in [-0.39, 0.29) is 41.7 Å². The minimum atomic E-state index is -3.27. The first-order valence-electron chi connectivity index (χ1n) is 10.4. The fraction of sp³-hybridized carbons (Fsp3) is 0.619. The van der Waals surface area contributed by atoms with Crippen molar-refractivity contribution in [2.45, 2.75) is 44.9 Å². The molecule has 1 atom stereocenters. The smallest absolute Gasteiger partial charge is 0.324 e. The van der Waals surface area contributed by atoms with Crippen LogP contribution < -0.4 is 10.1 Å². The maximum Gasteiger partial charge on any atom is 0.324 e. The number of benzene rings is 1. The number of ether oxygens (including phenoxy) is 1. The quantitative estimate of drug-likeness (QED) is 0.399. The lowest BCUT2D eigenvalue weighted by Crippen LogP contribution is -2.29. The van der Waals surface area contributed by atoms with E-state index in [2.05, 4.69) is 5.32 Å². The Morgan fingerprint density at radius 3 is 2.67 bits per heavy atom. The summed E-state index contributed by atoms with van der Waals surface area (Å²) in [6.45, 7) is 2.82. The number of nitrogens with zero attached hydrogens (tertiary/aromatic N) is 1. The van der Waals surface area contributed by atoms with Crippen molar-refractivity contribution in [1.82, 2.24) is 10.2 Å². The zero-order valence-electron chi connectivity index (χ0n) is 17.2. The molecule has 0 bridgehead atoms. The van der Waals surface area contributed by atoms with E-state index >= 15 is 0 Å². The van der Waals surface area contributed by atoms with Crippen LogP contribution in [0.5, 0.6) is 5.75 Å². The number of rotatable bonds is 12. The van der Waals surface area contributed by atoms with Gasteiger partial charge in [-0.25, -0.2) is 17.6 Å². The van der Waals surface area contributed by atoms with Gasteiger partial charge in [-0.15, -0.1) is 0 Å². The number of hydrogen-bond acceptors (Lipinski definition) is 5. The summed E-state index contributed by atoms with van der Waals surface area (Å²) < 4.78 is 44.5. The Bertz CT molecular complexity index is 885. The summed E-state index contributed by atoms with van der Waals surface area (Å²) in [7, 11) is -3.27. The summed E-state index contributed by atoms with van der Waals surface area (Å²) in [4.78, 5) is 24.0. The van der Waals surface area contributed by atoms with Gasteiger partial charge < -0.3 is 9.64 Å². The highest BCUT2D eigenvalue weighted by atomic mass is 32.2. The molecule has 2 aliphatic rings. The van der Waals surface area contributed by atoms with Crippen LogP contribution in [0.25, 0.3) is 0 Å². The van der Waals surface area contributed by atoms with Crippen LogP contribution in [-0.2, 0) is 14.6 Å². The van der Waals surface area contributed by atoms with Gasteiger partial charge in [-0.1, -0.05) is 19.4 Å². The highest BCUT2D eigenvalue weighted by molar-refractivity contribution is 7.91. The molecule has 0 spiro atoms. The van der Waals surface area contributed by atoms with Crippen molar-refractivity contribution in [3.63, 3.8) is 0 Å². The first kappa shape index (κ1) is 22.5. The average molecular weight is 441 g/mol. The molecule has 166 valence electrons.